The Bertz CT molecular complexity index is 1010. The van der Waals surface area contributed by atoms with E-state index < -0.39 is 0 Å². The molecular formula is C17H21N9O. The summed E-state index contributed by atoms with van der Waals surface area (Å²) >= 11 is 0. The van der Waals surface area contributed by atoms with E-state index in [1.165, 1.54) is 0 Å². The molecule has 2 fully saturated rings. The van der Waals surface area contributed by atoms with Crippen LogP contribution in [0.4, 0.5) is 16.3 Å². The highest BCUT2D eigenvalue weighted by Crippen LogP contribution is 2.30. The molecule has 0 radical (unpaired) electrons. The SMILES string of the molecule is CN1CCN(c2cnn(C3CCN(c4ncnc5c4cnn5C)C3)c2)C1=O. The van der Waals surface area contributed by atoms with E-state index in [2.05, 4.69) is 25.1 Å². The molecule has 10 nitrogen and oxygen atoms in total. The number of fused-ring (bicyclic) bond motifs is 1. The molecule has 3 aromatic rings. The van der Waals surface area contributed by atoms with Crippen LogP contribution in [0, 0.1) is 0 Å². The lowest BCUT2D eigenvalue weighted by Crippen LogP contribution is -2.28. The first-order valence-corrected chi connectivity index (χ1v) is 9.06. The molecule has 0 aromatic carbocycles. The zero-order valence-corrected chi connectivity index (χ0v) is 15.4. The predicted octanol–water partition coefficient (Wildman–Crippen LogP) is 0.883. The minimum Gasteiger partial charge on any atom is -0.354 e. The number of carbonyl (C=O) groups is 1. The van der Waals surface area contributed by atoms with Crippen molar-refractivity contribution in [3.63, 3.8) is 0 Å². The fourth-order valence-electron chi connectivity index (χ4n) is 3.91. The lowest BCUT2D eigenvalue weighted by molar-refractivity contribution is 0.229. The Kier molecular flexibility index (Phi) is 3.52. The van der Waals surface area contributed by atoms with Gasteiger partial charge in [-0.1, -0.05) is 0 Å². The van der Waals surface area contributed by atoms with Crippen LogP contribution in [0.25, 0.3) is 11.0 Å². The minimum atomic E-state index is 0.0301. The van der Waals surface area contributed by atoms with Gasteiger partial charge in [-0.15, -0.1) is 0 Å². The van der Waals surface area contributed by atoms with Gasteiger partial charge < -0.3 is 9.80 Å². The van der Waals surface area contributed by atoms with Crippen molar-refractivity contribution < 1.29 is 4.79 Å². The molecule has 5 heterocycles. The highest BCUT2D eigenvalue weighted by atomic mass is 16.2. The van der Waals surface area contributed by atoms with E-state index in [-0.39, 0.29) is 12.1 Å². The third-order valence-corrected chi connectivity index (χ3v) is 5.46. The number of amides is 2. The molecule has 5 rings (SSSR count). The van der Waals surface area contributed by atoms with Gasteiger partial charge in [0.2, 0.25) is 0 Å². The Labute approximate surface area is 156 Å². The zero-order valence-electron chi connectivity index (χ0n) is 15.4. The standard InChI is InChI=1S/C17H21N9O/c1-22-5-6-25(17(22)27)13-7-21-26(10-13)12-3-4-24(9-12)16-14-8-20-23(2)15(14)18-11-19-16/h7-8,10-12H,3-6,9H2,1-2H3. The molecule has 1 unspecified atom stereocenters. The van der Waals surface area contributed by atoms with Gasteiger partial charge in [-0.3, -0.25) is 14.3 Å². The number of hydrogen-bond acceptors (Lipinski definition) is 6. The minimum absolute atomic E-state index is 0.0301. The topological polar surface area (TPSA) is 88.2 Å². The molecule has 140 valence electrons. The van der Waals surface area contributed by atoms with Crippen molar-refractivity contribution in [2.45, 2.75) is 12.5 Å². The number of carbonyl (C=O) groups excluding carboxylic acids is 1. The summed E-state index contributed by atoms with van der Waals surface area (Å²) in [6.07, 6.45) is 8.14. The lowest BCUT2D eigenvalue weighted by Gasteiger charge is -2.18. The Morgan fingerprint density at radius 3 is 2.78 bits per heavy atom. The third-order valence-electron chi connectivity index (χ3n) is 5.46. The smallest absolute Gasteiger partial charge is 0.324 e. The largest absolute Gasteiger partial charge is 0.354 e. The second-order valence-electron chi connectivity index (χ2n) is 7.13. The molecule has 0 bridgehead atoms. The third kappa shape index (κ3) is 2.51. The molecule has 0 saturated carbocycles. The molecule has 0 aliphatic carbocycles. The monoisotopic (exact) mass is 367 g/mol. The second-order valence-corrected chi connectivity index (χ2v) is 7.13. The Hall–Kier alpha value is -3.17. The summed E-state index contributed by atoms with van der Waals surface area (Å²) in [6, 6.07) is 0.276. The van der Waals surface area contributed by atoms with Crippen LogP contribution in [-0.4, -0.2) is 73.7 Å². The van der Waals surface area contributed by atoms with E-state index in [1.807, 2.05) is 31.2 Å². The molecule has 2 aliphatic rings. The Morgan fingerprint density at radius 1 is 1.07 bits per heavy atom. The summed E-state index contributed by atoms with van der Waals surface area (Å²) < 4.78 is 3.74. The molecule has 27 heavy (non-hydrogen) atoms. The molecule has 1 atom stereocenters. The number of aromatic nitrogens is 6. The quantitative estimate of drug-likeness (QED) is 0.683. The van der Waals surface area contributed by atoms with Crippen molar-refractivity contribution in [2.24, 2.45) is 7.05 Å². The van der Waals surface area contributed by atoms with Gasteiger partial charge in [-0.05, 0) is 6.42 Å². The van der Waals surface area contributed by atoms with Gasteiger partial charge >= 0.3 is 6.03 Å². The Balaban J connectivity index is 1.36. The molecule has 2 aliphatic heterocycles. The fraction of sp³-hybridized carbons (Fsp3) is 0.471. The first-order valence-electron chi connectivity index (χ1n) is 9.06. The van der Waals surface area contributed by atoms with E-state index in [9.17, 15) is 4.79 Å². The lowest BCUT2D eigenvalue weighted by atomic mass is 10.3. The van der Waals surface area contributed by atoms with E-state index >= 15 is 0 Å². The second kappa shape index (κ2) is 5.93. The highest BCUT2D eigenvalue weighted by molar-refractivity contribution is 5.93. The maximum atomic E-state index is 12.2. The summed E-state index contributed by atoms with van der Waals surface area (Å²) in [5, 5.41) is 9.78. The van der Waals surface area contributed by atoms with E-state index in [0.29, 0.717) is 6.54 Å². The van der Waals surface area contributed by atoms with Crippen molar-refractivity contribution in [3.8, 4) is 0 Å². The van der Waals surface area contributed by atoms with Crippen molar-refractivity contribution in [1.82, 2.24) is 34.4 Å². The van der Waals surface area contributed by atoms with Crippen molar-refractivity contribution >= 4 is 28.6 Å². The van der Waals surface area contributed by atoms with E-state index in [0.717, 1.165) is 48.6 Å². The van der Waals surface area contributed by atoms with Crippen molar-refractivity contribution in [3.05, 3.63) is 24.9 Å². The van der Waals surface area contributed by atoms with Crippen LogP contribution in [0.15, 0.2) is 24.9 Å². The molecule has 2 amide bonds. The number of anilines is 2. The van der Waals surface area contributed by atoms with Crippen LogP contribution in [-0.2, 0) is 7.05 Å². The molecule has 0 spiro atoms. The highest BCUT2D eigenvalue weighted by Gasteiger charge is 2.30. The van der Waals surface area contributed by atoms with Gasteiger partial charge in [0.05, 0.1) is 29.5 Å². The number of urea groups is 1. The maximum Gasteiger partial charge on any atom is 0.324 e. The number of likely N-dealkylation sites (N-methyl/N-ethyl adjacent to an activating group) is 1. The van der Waals surface area contributed by atoms with Crippen LogP contribution in [0.2, 0.25) is 0 Å². The molecule has 3 aromatic heterocycles. The van der Waals surface area contributed by atoms with Crippen LogP contribution in [0.1, 0.15) is 12.5 Å². The molecule has 0 N–H and O–H groups in total. The predicted molar refractivity (Wildman–Crippen MR) is 99.8 cm³/mol. The first-order chi connectivity index (χ1) is 13.1. The number of aryl methyl sites for hydroxylation is 1. The normalized spacial score (nSPS) is 20.4. The molecular weight excluding hydrogens is 346 g/mol. The van der Waals surface area contributed by atoms with Crippen LogP contribution in [0.5, 0.6) is 0 Å². The summed E-state index contributed by atoms with van der Waals surface area (Å²) in [5.74, 6) is 0.916. The van der Waals surface area contributed by atoms with Gasteiger partial charge in [-0.2, -0.15) is 10.2 Å². The average molecular weight is 367 g/mol. The van der Waals surface area contributed by atoms with Gasteiger partial charge in [0.1, 0.15) is 12.1 Å². The average Bonchev–Trinajstić information content (AvgIpc) is 3.44. The first kappa shape index (κ1) is 16.0. The summed E-state index contributed by atoms with van der Waals surface area (Å²) in [7, 11) is 3.71. The Morgan fingerprint density at radius 2 is 1.96 bits per heavy atom. The molecule has 2 saturated heterocycles. The van der Waals surface area contributed by atoms with Gasteiger partial charge in [0.25, 0.3) is 0 Å². The molecule has 10 heteroatoms. The maximum absolute atomic E-state index is 12.2. The summed E-state index contributed by atoms with van der Waals surface area (Å²) in [4.78, 5) is 26.7. The van der Waals surface area contributed by atoms with E-state index in [4.69, 9.17) is 0 Å². The van der Waals surface area contributed by atoms with Crippen LogP contribution in [0.3, 0.4) is 0 Å². The van der Waals surface area contributed by atoms with Gasteiger partial charge in [-0.25, -0.2) is 14.8 Å². The number of nitrogens with zero attached hydrogens (tertiary/aromatic N) is 9. The van der Waals surface area contributed by atoms with E-state index in [1.54, 1.807) is 27.0 Å². The van der Waals surface area contributed by atoms with Crippen molar-refractivity contribution in [1.29, 1.82) is 0 Å². The number of hydrogen-bond donors (Lipinski definition) is 0. The summed E-state index contributed by atoms with van der Waals surface area (Å²) in [6.45, 7) is 3.16. The summed E-state index contributed by atoms with van der Waals surface area (Å²) in [5.41, 5.74) is 1.70. The van der Waals surface area contributed by atoms with Gasteiger partial charge in [0.15, 0.2) is 5.65 Å². The fourth-order valence-corrected chi connectivity index (χ4v) is 3.91. The number of rotatable bonds is 3. The zero-order chi connectivity index (χ0) is 18.5. The van der Waals surface area contributed by atoms with Gasteiger partial charge in [0, 0.05) is 46.5 Å². The van der Waals surface area contributed by atoms with Crippen molar-refractivity contribution in [2.75, 3.05) is 43.0 Å². The van der Waals surface area contributed by atoms with Crippen LogP contribution < -0.4 is 9.80 Å². The van der Waals surface area contributed by atoms with Crippen LogP contribution >= 0.6 is 0 Å².